The highest BCUT2D eigenvalue weighted by Gasteiger charge is 2.41. The molecule has 6 nitrogen and oxygen atoms in total. The van der Waals surface area contributed by atoms with Crippen LogP contribution in [0, 0.1) is 11.3 Å². The number of rotatable bonds is 4. The second kappa shape index (κ2) is 15.7. The number of para-hydroxylation sites is 5. The Morgan fingerprint density at radius 1 is 0.400 bits per heavy atom. The summed E-state index contributed by atoms with van der Waals surface area (Å²) in [6.45, 7) is 4.16. The lowest BCUT2D eigenvalue weighted by atomic mass is 9.73. The van der Waals surface area contributed by atoms with Crippen LogP contribution in [0.15, 0.2) is 176 Å². The van der Waals surface area contributed by atoms with Gasteiger partial charge in [0.15, 0.2) is 11.6 Å². The molecule has 15 heteroatoms. The van der Waals surface area contributed by atoms with Crippen LogP contribution >= 0.6 is 0 Å². The van der Waals surface area contributed by atoms with Crippen molar-refractivity contribution >= 4 is 82.6 Å². The molecule has 4 aromatic heterocycles. The van der Waals surface area contributed by atoms with Crippen LogP contribution in [0.3, 0.4) is 0 Å². The van der Waals surface area contributed by atoms with E-state index >= 15 is 0 Å². The summed E-state index contributed by atoms with van der Waals surface area (Å²) >= 11 is 0. The predicted octanol–water partition coefficient (Wildman–Crippen LogP) is 17.4. The minimum Gasteiger partial charge on any atom is -0.305 e. The lowest BCUT2D eigenvalue weighted by Crippen LogP contribution is -2.32. The summed E-state index contributed by atoms with van der Waals surface area (Å²) in [6.07, 6.45) is -14.2. The molecule has 8 aromatic carbocycles. The molecule has 0 saturated heterocycles. The zero-order valence-corrected chi connectivity index (χ0v) is 39.3. The lowest BCUT2D eigenvalue weighted by molar-refractivity contribution is -0.138. The Balaban J connectivity index is 1.30. The highest BCUT2D eigenvalue weighted by molar-refractivity contribution is 6.14. The van der Waals surface area contributed by atoms with Crippen LogP contribution < -0.4 is 4.90 Å². The van der Waals surface area contributed by atoms with Gasteiger partial charge in [0.05, 0.1) is 61.2 Å². The molecule has 0 radical (unpaired) electrons. The first-order valence-corrected chi connectivity index (χ1v) is 23.7. The fraction of sp³-hybridized carbons (Fsp3) is 0.100. The Bertz CT molecular complexity index is 4400. The van der Waals surface area contributed by atoms with E-state index in [4.69, 9.17) is 4.98 Å². The van der Waals surface area contributed by atoms with Crippen molar-refractivity contribution in [3.8, 4) is 23.3 Å². The standard InChI is InChI=1S/C60H35F9N6/c1-57(2)43-16-6-11-21-51(43)75(52-22-12-7-17-44(52)57)56-54(73-46-19-9-4-14-37(46)40-30-34(59(64,65)66)24-27-49(40)73)42(32-70)53(72-45-18-8-3-13-36(45)39-29-33(58(61,62)63)23-26-48(39)72)55(71-56)74-47-20-10-5-15-38(47)41-31-35(60(67,68)69)25-28-50(41)74/h3-31H,1-2H3. The van der Waals surface area contributed by atoms with Gasteiger partial charge in [-0.3, -0.25) is 9.47 Å². The van der Waals surface area contributed by atoms with Crippen LogP contribution in [0.2, 0.25) is 0 Å². The zero-order valence-electron chi connectivity index (χ0n) is 39.3. The van der Waals surface area contributed by atoms with Gasteiger partial charge < -0.3 is 9.13 Å². The second-order valence-corrected chi connectivity index (χ2v) is 19.2. The highest BCUT2D eigenvalue weighted by atomic mass is 19.4. The number of anilines is 3. The van der Waals surface area contributed by atoms with Crippen LogP contribution in [0.25, 0.3) is 82.6 Å². The smallest absolute Gasteiger partial charge is 0.305 e. The van der Waals surface area contributed by atoms with Crippen molar-refractivity contribution in [2.75, 3.05) is 4.90 Å². The van der Waals surface area contributed by atoms with Gasteiger partial charge in [-0.05, 0) is 96.1 Å². The van der Waals surface area contributed by atoms with E-state index in [9.17, 15) is 44.8 Å². The number of benzene rings is 8. The molecule has 0 amide bonds. The van der Waals surface area contributed by atoms with Gasteiger partial charge >= 0.3 is 18.5 Å². The molecule has 0 fully saturated rings. The van der Waals surface area contributed by atoms with E-state index in [-0.39, 0.29) is 61.3 Å². The second-order valence-electron chi connectivity index (χ2n) is 19.2. The summed E-state index contributed by atoms with van der Waals surface area (Å²) in [5.74, 6) is 0.125. The van der Waals surface area contributed by atoms with Crippen molar-refractivity contribution in [3.63, 3.8) is 0 Å². The SMILES string of the molecule is CC1(C)c2ccccc2N(c2nc(-n3c4ccccc4c4cc(C(F)(F)F)ccc43)c(-n3c4ccccc4c4cc(C(F)(F)F)ccc43)c(C#N)c2-n2c3ccccc3c3cc(C(F)(F)F)ccc32)c2ccccc21. The van der Waals surface area contributed by atoms with Gasteiger partial charge in [0.2, 0.25) is 0 Å². The van der Waals surface area contributed by atoms with Gasteiger partial charge in [0.1, 0.15) is 23.0 Å². The highest BCUT2D eigenvalue weighted by Crippen LogP contribution is 2.55. The first-order valence-electron chi connectivity index (χ1n) is 23.7. The topological polar surface area (TPSA) is 54.7 Å². The third-order valence-electron chi connectivity index (χ3n) is 14.7. The van der Waals surface area contributed by atoms with E-state index in [1.54, 1.807) is 86.5 Å². The molecular weight excluding hydrogens is 976 g/mol. The number of nitriles is 1. The van der Waals surface area contributed by atoms with Gasteiger partial charge in [-0.15, -0.1) is 0 Å². The maximum atomic E-state index is 14.7. The zero-order chi connectivity index (χ0) is 52.1. The van der Waals surface area contributed by atoms with Gasteiger partial charge in [-0.2, -0.15) is 44.8 Å². The molecule has 13 rings (SSSR count). The van der Waals surface area contributed by atoms with Crippen LogP contribution in [0.4, 0.5) is 56.7 Å². The van der Waals surface area contributed by atoms with Crippen molar-refractivity contribution < 1.29 is 39.5 Å². The van der Waals surface area contributed by atoms with Gasteiger partial charge in [-0.1, -0.05) is 105 Å². The molecule has 1 aliphatic heterocycles. The number of fused-ring (bicyclic) bond motifs is 11. The van der Waals surface area contributed by atoms with Crippen molar-refractivity contribution in [2.45, 2.75) is 37.8 Å². The monoisotopic (exact) mass is 1010 g/mol. The number of aromatic nitrogens is 4. The number of hydrogen-bond donors (Lipinski definition) is 0. The molecule has 0 atom stereocenters. The summed E-state index contributed by atoms with van der Waals surface area (Å²) in [6, 6.07) is 48.2. The molecule has 0 saturated carbocycles. The van der Waals surface area contributed by atoms with E-state index in [1.807, 2.05) is 53.4 Å². The molecule has 5 heterocycles. The molecule has 75 heavy (non-hydrogen) atoms. The number of alkyl halides is 9. The van der Waals surface area contributed by atoms with E-state index in [1.165, 1.54) is 18.2 Å². The molecule has 12 aromatic rings. The third-order valence-corrected chi connectivity index (χ3v) is 14.7. The molecule has 368 valence electrons. The quantitative estimate of drug-likeness (QED) is 0.165. The Kier molecular flexibility index (Phi) is 9.61. The first-order chi connectivity index (χ1) is 35.9. The number of halogens is 9. The van der Waals surface area contributed by atoms with Crippen LogP contribution in [-0.2, 0) is 23.9 Å². The average Bonchev–Trinajstić information content (AvgIpc) is 4.02. The summed E-state index contributed by atoms with van der Waals surface area (Å²) in [7, 11) is 0. The van der Waals surface area contributed by atoms with E-state index in [0.29, 0.717) is 44.1 Å². The average molecular weight is 1010 g/mol. The maximum absolute atomic E-state index is 14.7. The van der Waals surface area contributed by atoms with Gasteiger partial charge in [-0.25, -0.2) is 4.98 Å². The summed E-state index contributed by atoms with van der Waals surface area (Å²) < 4.78 is 137. The van der Waals surface area contributed by atoms with Gasteiger partial charge in [0.25, 0.3) is 0 Å². The largest absolute Gasteiger partial charge is 0.416 e. The number of nitrogens with zero attached hydrogens (tertiary/aromatic N) is 6. The van der Waals surface area contributed by atoms with E-state index < -0.39 is 40.6 Å². The van der Waals surface area contributed by atoms with Crippen LogP contribution in [0.5, 0.6) is 0 Å². The summed E-state index contributed by atoms with van der Waals surface area (Å²) in [5.41, 5.74) is 1.58. The fourth-order valence-electron chi connectivity index (χ4n) is 11.4. The molecule has 0 bridgehead atoms. The normalized spacial score (nSPS) is 13.9. The molecule has 0 unspecified atom stereocenters. The first kappa shape index (κ1) is 45.8. The Hall–Kier alpha value is -9.03. The summed E-state index contributed by atoms with van der Waals surface area (Å²) in [4.78, 5) is 7.64. The van der Waals surface area contributed by atoms with Crippen molar-refractivity contribution in [1.29, 1.82) is 5.26 Å². The Morgan fingerprint density at radius 2 is 0.733 bits per heavy atom. The molecule has 1 aliphatic rings. The number of pyridine rings is 1. The molecular formula is C60H35F9N6. The van der Waals surface area contributed by atoms with Crippen molar-refractivity contribution in [2.24, 2.45) is 0 Å². The van der Waals surface area contributed by atoms with Crippen molar-refractivity contribution in [3.05, 3.63) is 209 Å². The summed E-state index contributed by atoms with van der Waals surface area (Å²) in [5, 5.41) is 14.1. The lowest BCUT2D eigenvalue weighted by Gasteiger charge is -2.42. The van der Waals surface area contributed by atoms with E-state index in [0.717, 1.165) is 47.5 Å². The fourth-order valence-corrected chi connectivity index (χ4v) is 11.4. The minimum absolute atomic E-state index is 0.0127. The maximum Gasteiger partial charge on any atom is 0.416 e. The van der Waals surface area contributed by atoms with E-state index in [2.05, 4.69) is 19.9 Å². The molecule has 0 aliphatic carbocycles. The molecule has 0 N–H and O–H groups in total. The third kappa shape index (κ3) is 6.64. The Morgan fingerprint density at radius 3 is 1.13 bits per heavy atom. The van der Waals surface area contributed by atoms with Crippen molar-refractivity contribution in [1.82, 2.24) is 18.7 Å². The minimum atomic E-state index is -4.74. The van der Waals surface area contributed by atoms with Crippen LogP contribution in [0.1, 0.15) is 47.2 Å². The Labute approximate surface area is 419 Å². The number of hydrogen-bond acceptors (Lipinski definition) is 3. The molecule has 0 spiro atoms. The predicted molar refractivity (Wildman–Crippen MR) is 274 cm³/mol. The van der Waals surface area contributed by atoms with Gasteiger partial charge in [0, 0.05) is 37.7 Å². The van der Waals surface area contributed by atoms with Crippen LogP contribution in [-0.4, -0.2) is 18.7 Å².